The van der Waals surface area contributed by atoms with Gasteiger partial charge in [-0.05, 0) is 60.2 Å². The van der Waals surface area contributed by atoms with Gasteiger partial charge in [0.1, 0.15) is 18.1 Å². The van der Waals surface area contributed by atoms with Crippen molar-refractivity contribution in [1.29, 1.82) is 5.26 Å². The molecule has 38 heavy (non-hydrogen) atoms. The van der Waals surface area contributed by atoms with E-state index in [2.05, 4.69) is 11.1 Å². The van der Waals surface area contributed by atoms with E-state index in [1.165, 1.54) is 0 Å². The van der Waals surface area contributed by atoms with E-state index in [0.717, 1.165) is 33.4 Å². The average Bonchev–Trinajstić information content (AvgIpc) is 3.52. The van der Waals surface area contributed by atoms with E-state index < -0.39 is 11.5 Å². The molecule has 3 aromatic rings. The third-order valence-electron chi connectivity index (χ3n) is 6.70. The monoisotopic (exact) mass is 510 g/mol. The minimum Gasteiger partial charge on any atom is -0.445 e. The van der Waals surface area contributed by atoms with Gasteiger partial charge in [0.2, 0.25) is 0 Å². The number of carbonyl (C=O) groups excluding carboxylic acids is 2. The number of carbonyl (C=O) groups is 2. The third kappa shape index (κ3) is 5.32. The molecule has 0 N–H and O–H groups in total. The van der Waals surface area contributed by atoms with E-state index in [-0.39, 0.29) is 18.8 Å². The minimum absolute atomic E-state index is 0.208. The van der Waals surface area contributed by atoms with Crippen molar-refractivity contribution in [3.05, 3.63) is 99.9 Å². The molecule has 2 amide bonds. The standard InChI is InChI=1S/C30H30N4O4/c1-30(2,3)38-29(36)33-16-22-12-27(32-14-23(22)17-33)25(13-31)24-11-7-10-21-15-34(18-26(21)24)28(35)37-19-20-8-5-4-6-9-20/h4-12,14,25H,15-19H2,1-3H3. The van der Waals surface area contributed by atoms with Crippen molar-refractivity contribution in [2.24, 2.45) is 0 Å². The first kappa shape index (κ1) is 25.3. The highest BCUT2D eigenvalue weighted by Gasteiger charge is 2.32. The van der Waals surface area contributed by atoms with Crippen LogP contribution in [0.4, 0.5) is 9.59 Å². The number of hydrogen-bond donors (Lipinski definition) is 0. The number of amides is 2. The second kappa shape index (κ2) is 10.2. The van der Waals surface area contributed by atoms with Gasteiger partial charge in [0, 0.05) is 19.3 Å². The maximum Gasteiger partial charge on any atom is 0.410 e. The van der Waals surface area contributed by atoms with E-state index in [1.54, 1.807) is 16.0 Å². The summed E-state index contributed by atoms with van der Waals surface area (Å²) in [7, 11) is 0. The van der Waals surface area contributed by atoms with Gasteiger partial charge in [-0.3, -0.25) is 14.8 Å². The van der Waals surface area contributed by atoms with Crippen LogP contribution >= 0.6 is 0 Å². The molecule has 8 nitrogen and oxygen atoms in total. The van der Waals surface area contributed by atoms with Crippen molar-refractivity contribution in [2.45, 2.75) is 65.1 Å². The molecule has 1 unspecified atom stereocenters. The lowest BCUT2D eigenvalue weighted by atomic mass is 9.90. The second-order valence-corrected chi connectivity index (χ2v) is 10.7. The van der Waals surface area contributed by atoms with Crippen LogP contribution in [-0.4, -0.2) is 32.6 Å². The van der Waals surface area contributed by atoms with E-state index in [0.29, 0.717) is 31.9 Å². The van der Waals surface area contributed by atoms with E-state index in [4.69, 9.17) is 9.47 Å². The molecule has 194 valence electrons. The van der Waals surface area contributed by atoms with Crippen LogP contribution in [0.2, 0.25) is 0 Å². The van der Waals surface area contributed by atoms with Crippen LogP contribution in [0.15, 0.2) is 60.8 Å². The normalized spacial score (nSPS) is 14.9. The van der Waals surface area contributed by atoms with Crippen molar-refractivity contribution in [3.63, 3.8) is 0 Å². The highest BCUT2D eigenvalue weighted by molar-refractivity contribution is 5.70. The van der Waals surface area contributed by atoms with Crippen molar-refractivity contribution in [1.82, 2.24) is 14.8 Å². The quantitative estimate of drug-likeness (QED) is 0.451. The van der Waals surface area contributed by atoms with Crippen LogP contribution in [0, 0.1) is 11.3 Å². The molecule has 3 heterocycles. The van der Waals surface area contributed by atoms with Gasteiger partial charge >= 0.3 is 12.2 Å². The highest BCUT2D eigenvalue weighted by Crippen LogP contribution is 2.35. The summed E-state index contributed by atoms with van der Waals surface area (Å²) in [5.74, 6) is -0.605. The Morgan fingerprint density at radius 1 is 0.947 bits per heavy atom. The van der Waals surface area contributed by atoms with Gasteiger partial charge in [-0.1, -0.05) is 48.5 Å². The Balaban J connectivity index is 1.31. The summed E-state index contributed by atoms with van der Waals surface area (Å²) in [5, 5.41) is 10.2. The molecular weight excluding hydrogens is 480 g/mol. The molecule has 2 aromatic carbocycles. The zero-order valence-electron chi connectivity index (χ0n) is 21.8. The summed E-state index contributed by atoms with van der Waals surface area (Å²) in [6.45, 7) is 7.36. The van der Waals surface area contributed by atoms with Gasteiger partial charge < -0.3 is 9.47 Å². The van der Waals surface area contributed by atoms with Crippen molar-refractivity contribution in [3.8, 4) is 6.07 Å². The summed E-state index contributed by atoms with van der Waals surface area (Å²) in [4.78, 5) is 33.2. The summed E-state index contributed by atoms with van der Waals surface area (Å²) in [5.41, 5.74) is 5.66. The second-order valence-electron chi connectivity index (χ2n) is 10.7. The average molecular weight is 511 g/mol. The maximum absolute atomic E-state index is 12.8. The molecule has 2 aliphatic rings. The number of nitrogens with zero attached hydrogens (tertiary/aromatic N) is 4. The van der Waals surface area contributed by atoms with Crippen molar-refractivity contribution in [2.75, 3.05) is 0 Å². The van der Waals surface area contributed by atoms with E-state index in [1.807, 2.05) is 75.4 Å². The molecule has 1 aromatic heterocycles. The lowest BCUT2D eigenvalue weighted by Gasteiger charge is -2.24. The largest absolute Gasteiger partial charge is 0.445 e. The molecule has 0 aliphatic carbocycles. The molecule has 0 saturated heterocycles. The molecular formula is C30H30N4O4. The number of pyridine rings is 1. The molecule has 0 spiro atoms. The third-order valence-corrected chi connectivity index (χ3v) is 6.70. The Labute approximate surface area is 222 Å². The van der Waals surface area contributed by atoms with Crippen LogP contribution < -0.4 is 0 Å². The first-order valence-electron chi connectivity index (χ1n) is 12.6. The number of fused-ring (bicyclic) bond motifs is 2. The molecule has 0 fully saturated rings. The van der Waals surface area contributed by atoms with Gasteiger partial charge in [0.15, 0.2) is 0 Å². The molecule has 0 bridgehead atoms. The zero-order valence-corrected chi connectivity index (χ0v) is 21.8. The lowest BCUT2D eigenvalue weighted by molar-refractivity contribution is 0.0241. The van der Waals surface area contributed by atoms with Crippen molar-refractivity contribution < 1.29 is 19.1 Å². The zero-order chi connectivity index (χ0) is 26.9. The van der Waals surface area contributed by atoms with Crippen LogP contribution in [-0.2, 0) is 42.3 Å². The van der Waals surface area contributed by atoms with Gasteiger partial charge in [-0.15, -0.1) is 0 Å². The molecule has 8 heteroatoms. The fourth-order valence-electron chi connectivity index (χ4n) is 4.87. The van der Waals surface area contributed by atoms with Crippen LogP contribution in [0.1, 0.15) is 65.8 Å². The number of benzene rings is 2. The van der Waals surface area contributed by atoms with Gasteiger partial charge in [0.25, 0.3) is 0 Å². The minimum atomic E-state index is -0.605. The fourth-order valence-corrected chi connectivity index (χ4v) is 4.87. The Bertz CT molecular complexity index is 1410. The molecule has 1 atom stereocenters. The summed E-state index contributed by atoms with van der Waals surface area (Å²) >= 11 is 0. The first-order valence-corrected chi connectivity index (χ1v) is 12.6. The van der Waals surface area contributed by atoms with Crippen molar-refractivity contribution >= 4 is 12.2 Å². The number of aromatic nitrogens is 1. The van der Waals surface area contributed by atoms with Gasteiger partial charge in [-0.2, -0.15) is 5.26 Å². The van der Waals surface area contributed by atoms with Gasteiger partial charge in [-0.25, -0.2) is 9.59 Å². The number of nitriles is 1. The van der Waals surface area contributed by atoms with E-state index >= 15 is 0 Å². The lowest BCUT2D eigenvalue weighted by Crippen LogP contribution is -2.33. The Morgan fingerprint density at radius 3 is 2.39 bits per heavy atom. The topological polar surface area (TPSA) is 95.8 Å². The predicted octanol–water partition coefficient (Wildman–Crippen LogP) is 5.64. The smallest absolute Gasteiger partial charge is 0.410 e. The van der Waals surface area contributed by atoms with Gasteiger partial charge in [0.05, 0.1) is 24.9 Å². The van der Waals surface area contributed by atoms with Crippen LogP contribution in [0.3, 0.4) is 0 Å². The Morgan fingerprint density at radius 2 is 1.66 bits per heavy atom. The molecule has 0 saturated carbocycles. The first-order chi connectivity index (χ1) is 18.2. The van der Waals surface area contributed by atoms with E-state index in [9.17, 15) is 14.9 Å². The summed E-state index contributed by atoms with van der Waals surface area (Å²) in [6.07, 6.45) is 0.991. The molecule has 5 rings (SSSR count). The maximum atomic E-state index is 12.8. The molecule has 0 radical (unpaired) electrons. The summed E-state index contributed by atoms with van der Waals surface area (Å²) < 4.78 is 11.0. The number of ether oxygens (including phenoxy) is 2. The number of hydrogen-bond acceptors (Lipinski definition) is 6. The number of rotatable bonds is 4. The Kier molecular flexibility index (Phi) is 6.77. The Hall–Kier alpha value is -4.38. The SMILES string of the molecule is CC(C)(C)OC(=O)N1Cc2cnc(C(C#N)c3cccc4c3CN(C(=O)OCc3ccccc3)C4)cc2C1. The van der Waals surface area contributed by atoms with Crippen LogP contribution in [0.25, 0.3) is 0 Å². The molecule has 2 aliphatic heterocycles. The summed E-state index contributed by atoms with van der Waals surface area (Å²) in [6, 6.07) is 19.7. The highest BCUT2D eigenvalue weighted by atomic mass is 16.6. The fraction of sp³-hybridized carbons (Fsp3) is 0.333. The van der Waals surface area contributed by atoms with Crippen LogP contribution in [0.5, 0.6) is 0 Å². The predicted molar refractivity (Wildman–Crippen MR) is 139 cm³/mol.